The molecular weight excluding hydrogens is 597 g/mol. The molecule has 6 aromatic rings. The van der Waals surface area contributed by atoms with Gasteiger partial charge in [-0.3, -0.25) is 9.36 Å². The second-order valence-corrected chi connectivity index (χ2v) is 12.0. The van der Waals surface area contributed by atoms with E-state index in [0.29, 0.717) is 47.9 Å². The van der Waals surface area contributed by atoms with Gasteiger partial charge in [0, 0.05) is 11.6 Å². The number of para-hydroxylation sites is 2. The number of H-pyrrole nitrogens is 1. The number of ether oxygens (including phenoxy) is 2. The van der Waals surface area contributed by atoms with Crippen LogP contribution in [0.4, 0.5) is 0 Å². The molecule has 0 spiro atoms. The van der Waals surface area contributed by atoms with Gasteiger partial charge in [-0.15, -0.1) is 0 Å². The Morgan fingerprint density at radius 1 is 1.11 bits per heavy atom. The van der Waals surface area contributed by atoms with Crippen molar-refractivity contribution in [2.45, 2.75) is 30.1 Å². The van der Waals surface area contributed by atoms with Gasteiger partial charge < -0.3 is 18.9 Å². The first-order chi connectivity index (χ1) is 21.4. The van der Waals surface area contributed by atoms with E-state index in [1.807, 2.05) is 72.8 Å². The normalized spacial score (nSPS) is 15.1. The topological polar surface area (TPSA) is 112 Å². The highest BCUT2D eigenvalue weighted by molar-refractivity contribution is 7.99. The van der Waals surface area contributed by atoms with E-state index in [0.717, 1.165) is 21.8 Å². The van der Waals surface area contributed by atoms with Crippen molar-refractivity contribution in [3.05, 3.63) is 115 Å². The first kappa shape index (κ1) is 27.9. The highest BCUT2D eigenvalue weighted by atomic mass is 32.2. The van der Waals surface area contributed by atoms with Gasteiger partial charge >= 0.3 is 5.97 Å². The first-order valence-electron chi connectivity index (χ1n) is 13.9. The molecule has 0 bridgehead atoms. The number of esters is 1. The average Bonchev–Trinajstić information content (AvgIpc) is 3.73. The van der Waals surface area contributed by atoms with E-state index in [-0.39, 0.29) is 12.2 Å². The Balaban J connectivity index is 1.35. The van der Waals surface area contributed by atoms with Gasteiger partial charge in [0.1, 0.15) is 17.6 Å². The molecule has 0 saturated carbocycles. The molecule has 0 aliphatic carbocycles. The number of benzene rings is 3. The molecule has 3 aromatic heterocycles. The molecule has 1 N–H and O–H groups in total. The number of aromatic amines is 1. The summed E-state index contributed by atoms with van der Waals surface area (Å²) in [6.45, 7) is 3.70. The summed E-state index contributed by atoms with van der Waals surface area (Å²) in [4.78, 5) is 40.6. The summed E-state index contributed by atoms with van der Waals surface area (Å²) in [6, 6.07) is 22.3. The van der Waals surface area contributed by atoms with Crippen LogP contribution in [0, 0.1) is 0 Å². The van der Waals surface area contributed by atoms with E-state index in [1.54, 1.807) is 31.6 Å². The third-order valence-corrected chi connectivity index (χ3v) is 9.17. The number of methoxy groups -OCH3 is 1. The van der Waals surface area contributed by atoms with Crippen molar-refractivity contribution in [1.29, 1.82) is 0 Å². The number of nitrogens with zero attached hydrogens (tertiary/aromatic N) is 3. The number of imidazole rings is 1. The second-order valence-electron chi connectivity index (χ2n) is 10.0. The summed E-state index contributed by atoms with van der Waals surface area (Å²) in [5.74, 6) is 0.536. The highest BCUT2D eigenvalue weighted by Gasteiger charge is 2.36. The van der Waals surface area contributed by atoms with Crippen molar-refractivity contribution >= 4 is 56.9 Å². The molecule has 1 atom stereocenters. The highest BCUT2D eigenvalue weighted by Crippen LogP contribution is 2.40. The van der Waals surface area contributed by atoms with Gasteiger partial charge in [-0.1, -0.05) is 53.8 Å². The second kappa shape index (κ2) is 11.3. The standard InChI is InChI=1S/C33H26N4O5S2/c1-4-41-31(39)27-18(2)34-33-37(29(27)28-21-10-6-5-9-19(21)13-15-24(28)40-3)30(38)25(43-33)17-20-14-16-26(42-20)44-32-35-22-11-7-8-12-23(22)36-32/h5-17,29H,4H2,1-3H3,(H,35,36)/b25-17+. The maximum atomic E-state index is 14.2. The van der Waals surface area contributed by atoms with Crippen LogP contribution < -0.4 is 19.6 Å². The zero-order valence-corrected chi connectivity index (χ0v) is 25.6. The van der Waals surface area contributed by atoms with Crippen molar-refractivity contribution in [1.82, 2.24) is 14.5 Å². The Bertz CT molecular complexity index is 2260. The number of rotatable bonds is 7. The van der Waals surface area contributed by atoms with E-state index >= 15 is 0 Å². The number of thiazole rings is 1. The number of aromatic nitrogens is 3. The molecule has 0 fully saturated rings. The third kappa shape index (κ3) is 4.83. The van der Waals surface area contributed by atoms with Crippen LogP contribution in [0.2, 0.25) is 0 Å². The van der Waals surface area contributed by atoms with Crippen molar-refractivity contribution in [3.8, 4) is 5.75 Å². The zero-order chi connectivity index (χ0) is 30.4. The van der Waals surface area contributed by atoms with Gasteiger partial charge in [0.05, 0.1) is 40.6 Å². The smallest absolute Gasteiger partial charge is 0.338 e. The number of hydrogen-bond acceptors (Lipinski definition) is 9. The number of furan rings is 1. The molecule has 0 amide bonds. The van der Waals surface area contributed by atoms with Crippen molar-refractivity contribution in [2.24, 2.45) is 4.99 Å². The minimum atomic E-state index is -0.815. The lowest BCUT2D eigenvalue weighted by Crippen LogP contribution is -2.40. The van der Waals surface area contributed by atoms with E-state index in [2.05, 4.69) is 9.97 Å². The molecule has 1 aliphatic rings. The van der Waals surface area contributed by atoms with Crippen LogP contribution in [-0.4, -0.2) is 34.2 Å². The van der Waals surface area contributed by atoms with Crippen molar-refractivity contribution in [2.75, 3.05) is 13.7 Å². The lowest BCUT2D eigenvalue weighted by molar-refractivity contribution is -0.139. The zero-order valence-electron chi connectivity index (χ0n) is 24.0. The SMILES string of the molecule is CCOC(=O)C1=C(C)N=c2s/c(=C/c3ccc(Sc4nc5ccccc5[nH]4)o3)c(=O)n2C1c1c(OC)ccc2ccccc12. The van der Waals surface area contributed by atoms with Crippen LogP contribution in [0.5, 0.6) is 5.75 Å². The molecule has 0 radical (unpaired) electrons. The summed E-state index contributed by atoms with van der Waals surface area (Å²) in [5, 5.41) is 3.15. The van der Waals surface area contributed by atoms with Crippen molar-refractivity contribution in [3.63, 3.8) is 0 Å². The summed E-state index contributed by atoms with van der Waals surface area (Å²) >= 11 is 2.60. The minimum Gasteiger partial charge on any atom is -0.496 e. The van der Waals surface area contributed by atoms with Gasteiger partial charge in [0.25, 0.3) is 5.56 Å². The number of carbonyl (C=O) groups excluding carboxylic acids is 1. The van der Waals surface area contributed by atoms with Gasteiger partial charge in [0.2, 0.25) is 0 Å². The number of allylic oxidation sites excluding steroid dienone is 1. The third-order valence-electron chi connectivity index (χ3n) is 7.38. The Hall–Kier alpha value is -4.87. The fraction of sp³-hybridized carbons (Fsp3) is 0.152. The molecule has 11 heteroatoms. The predicted molar refractivity (Wildman–Crippen MR) is 170 cm³/mol. The van der Waals surface area contributed by atoms with Crippen LogP contribution in [0.3, 0.4) is 0 Å². The van der Waals surface area contributed by atoms with Crippen LogP contribution in [-0.2, 0) is 9.53 Å². The van der Waals surface area contributed by atoms with Crippen molar-refractivity contribution < 1.29 is 18.7 Å². The molecule has 3 aromatic carbocycles. The quantitative estimate of drug-likeness (QED) is 0.231. The fourth-order valence-electron chi connectivity index (χ4n) is 5.47. The fourth-order valence-corrected chi connectivity index (χ4v) is 7.27. The van der Waals surface area contributed by atoms with E-state index in [4.69, 9.17) is 18.9 Å². The van der Waals surface area contributed by atoms with Crippen LogP contribution in [0.25, 0.3) is 27.9 Å². The van der Waals surface area contributed by atoms with Crippen LogP contribution in [0.15, 0.2) is 109 Å². The van der Waals surface area contributed by atoms with Gasteiger partial charge in [0.15, 0.2) is 15.1 Å². The Labute approximate surface area is 259 Å². The van der Waals surface area contributed by atoms with Gasteiger partial charge in [-0.05, 0) is 66.7 Å². The largest absolute Gasteiger partial charge is 0.496 e. The predicted octanol–water partition coefficient (Wildman–Crippen LogP) is 5.58. The number of fused-ring (bicyclic) bond motifs is 3. The lowest BCUT2D eigenvalue weighted by Gasteiger charge is -2.27. The summed E-state index contributed by atoms with van der Waals surface area (Å²) in [6.07, 6.45) is 1.70. The molecule has 4 heterocycles. The number of hydrogen-bond donors (Lipinski definition) is 1. The van der Waals surface area contributed by atoms with E-state index < -0.39 is 12.0 Å². The molecule has 1 unspecified atom stereocenters. The van der Waals surface area contributed by atoms with Crippen LogP contribution >= 0.6 is 23.1 Å². The monoisotopic (exact) mass is 622 g/mol. The van der Waals surface area contributed by atoms with E-state index in [1.165, 1.54) is 23.1 Å². The number of nitrogens with one attached hydrogen (secondary N) is 1. The Morgan fingerprint density at radius 3 is 2.75 bits per heavy atom. The summed E-state index contributed by atoms with van der Waals surface area (Å²) in [5.41, 5.74) is 2.99. The molecule has 9 nitrogen and oxygen atoms in total. The van der Waals surface area contributed by atoms with Crippen LogP contribution in [0.1, 0.15) is 31.2 Å². The lowest BCUT2D eigenvalue weighted by atomic mass is 9.90. The Morgan fingerprint density at radius 2 is 1.93 bits per heavy atom. The van der Waals surface area contributed by atoms with Gasteiger partial charge in [-0.2, -0.15) is 0 Å². The minimum absolute atomic E-state index is 0.187. The molecule has 44 heavy (non-hydrogen) atoms. The maximum absolute atomic E-state index is 14.2. The molecule has 220 valence electrons. The van der Waals surface area contributed by atoms with Gasteiger partial charge in [-0.25, -0.2) is 14.8 Å². The molecule has 1 aliphatic heterocycles. The Kier molecular flexibility index (Phi) is 7.19. The number of carbonyl (C=O) groups is 1. The average molecular weight is 623 g/mol. The first-order valence-corrected chi connectivity index (χ1v) is 15.6. The molecular formula is C33H26N4O5S2. The van der Waals surface area contributed by atoms with E-state index in [9.17, 15) is 9.59 Å². The maximum Gasteiger partial charge on any atom is 0.338 e. The molecule has 0 saturated heterocycles. The molecule has 7 rings (SSSR count). The summed E-state index contributed by atoms with van der Waals surface area (Å²) < 4.78 is 19.3. The summed E-state index contributed by atoms with van der Waals surface area (Å²) in [7, 11) is 1.58.